The number of para-hydroxylation sites is 1. The van der Waals surface area contributed by atoms with Crippen molar-refractivity contribution in [3.8, 4) is 0 Å². The smallest absolute Gasteiger partial charge is 0.123 e. The van der Waals surface area contributed by atoms with Gasteiger partial charge in [-0.3, -0.25) is 9.97 Å². The largest absolute Gasteiger partial charge is 0.382 e. The molecule has 3 nitrogen and oxygen atoms in total. The van der Waals surface area contributed by atoms with Crippen molar-refractivity contribution in [1.29, 1.82) is 0 Å². The van der Waals surface area contributed by atoms with Crippen LogP contribution >= 0.6 is 0 Å². The van der Waals surface area contributed by atoms with Crippen molar-refractivity contribution in [3.05, 3.63) is 71.7 Å². The maximum absolute atomic E-state index is 10.6. The van der Waals surface area contributed by atoms with Crippen LogP contribution in [0.5, 0.6) is 0 Å². The van der Waals surface area contributed by atoms with Gasteiger partial charge in [-0.15, -0.1) is 0 Å². The van der Waals surface area contributed by atoms with E-state index in [1.807, 2.05) is 42.5 Å². The molecule has 0 saturated heterocycles. The SMILES string of the molecule is CCc1cccnc1C(O)c1cnc2ccccc2c1. The molecule has 3 heteroatoms. The quantitative estimate of drug-likeness (QED) is 0.789. The van der Waals surface area contributed by atoms with E-state index in [1.54, 1.807) is 12.4 Å². The third kappa shape index (κ3) is 2.28. The molecule has 2 aromatic heterocycles. The van der Waals surface area contributed by atoms with Gasteiger partial charge in [0, 0.05) is 23.3 Å². The highest BCUT2D eigenvalue weighted by Crippen LogP contribution is 2.25. The number of hydrogen-bond acceptors (Lipinski definition) is 3. The number of nitrogens with zero attached hydrogens (tertiary/aromatic N) is 2. The number of aromatic nitrogens is 2. The number of aryl methyl sites for hydroxylation is 1. The minimum Gasteiger partial charge on any atom is -0.382 e. The number of aliphatic hydroxyl groups is 1. The first kappa shape index (κ1) is 12.8. The van der Waals surface area contributed by atoms with E-state index < -0.39 is 6.10 Å². The fraction of sp³-hybridized carbons (Fsp3) is 0.176. The fourth-order valence-corrected chi connectivity index (χ4v) is 2.39. The van der Waals surface area contributed by atoms with Crippen molar-refractivity contribution in [2.45, 2.75) is 19.4 Å². The first-order valence-corrected chi connectivity index (χ1v) is 6.76. The van der Waals surface area contributed by atoms with Crippen molar-refractivity contribution in [1.82, 2.24) is 9.97 Å². The predicted octanol–water partition coefficient (Wildman–Crippen LogP) is 3.27. The van der Waals surface area contributed by atoms with Crippen molar-refractivity contribution >= 4 is 10.9 Å². The van der Waals surface area contributed by atoms with Crippen molar-refractivity contribution in [2.24, 2.45) is 0 Å². The van der Waals surface area contributed by atoms with Crippen LogP contribution in [0.2, 0.25) is 0 Å². The molecule has 0 bridgehead atoms. The van der Waals surface area contributed by atoms with Gasteiger partial charge >= 0.3 is 0 Å². The van der Waals surface area contributed by atoms with Gasteiger partial charge in [-0.1, -0.05) is 31.2 Å². The summed E-state index contributed by atoms with van der Waals surface area (Å²) in [6.45, 7) is 2.06. The monoisotopic (exact) mass is 264 g/mol. The Morgan fingerprint density at radius 2 is 1.95 bits per heavy atom. The van der Waals surface area contributed by atoms with Crippen molar-refractivity contribution in [2.75, 3.05) is 0 Å². The summed E-state index contributed by atoms with van der Waals surface area (Å²) in [4.78, 5) is 8.72. The molecule has 1 N–H and O–H groups in total. The van der Waals surface area contributed by atoms with Gasteiger partial charge in [-0.2, -0.15) is 0 Å². The van der Waals surface area contributed by atoms with E-state index in [9.17, 15) is 5.11 Å². The molecule has 0 aliphatic carbocycles. The van der Waals surface area contributed by atoms with Crippen molar-refractivity contribution < 1.29 is 5.11 Å². The van der Waals surface area contributed by atoms with Crippen LogP contribution in [0.3, 0.4) is 0 Å². The number of aliphatic hydroxyl groups excluding tert-OH is 1. The van der Waals surface area contributed by atoms with Crippen LogP contribution in [0.15, 0.2) is 54.9 Å². The van der Waals surface area contributed by atoms with Crippen LogP contribution in [0.4, 0.5) is 0 Å². The van der Waals surface area contributed by atoms with Gasteiger partial charge in [0.15, 0.2) is 0 Å². The van der Waals surface area contributed by atoms with Crippen LogP contribution in [0.1, 0.15) is 29.8 Å². The van der Waals surface area contributed by atoms with E-state index in [0.29, 0.717) is 5.69 Å². The van der Waals surface area contributed by atoms with Crippen LogP contribution in [0.25, 0.3) is 10.9 Å². The zero-order chi connectivity index (χ0) is 13.9. The van der Waals surface area contributed by atoms with Crippen LogP contribution in [0, 0.1) is 0 Å². The summed E-state index contributed by atoms with van der Waals surface area (Å²) in [5.74, 6) is 0. The van der Waals surface area contributed by atoms with E-state index in [-0.39, 0.29) is 0 Å². The second-order valence-electron chi connectivity index (χ2n) is 4.77. The molecule has 0 aliphatic rings. The summed E-state index contributed by atoms with van der Waals surface area (Å²) in [6.07, 6.45) is 3.55. The van der Waals surface area contributed by atoms with E-state index in [1.165, 1.54) is 0 Å². The average molecular weight is 264 g/mol. The number of rotatable bonds is 3. The molecule has 1 atom stereocenters. The fourth-order valence-electron chi connectivity index (χ4n) is 2.39. The molecule has 0 saturated carbocycles. The lowest BCUT2D eigenvalue weighted by molar-refractivity contribution is 0.214. The molecule has 1 aromatic carbocycles. The minimum absolute atomic E-state index is 0.715. The molecule has 0 fully saturated rings. The standard InChI is InChI=1S/C17H16N2O/c1-2-12-7-5-9-18-16(12)17(20)14-10-13-6-3-4-8-15(13)19-11-14/h3-11,17,20H,2H2,1H3. The second kappa shape index (κ2) is 5.39. The Labute approximate surface area is 117 Å². The third-order valence-electron chi connectivity index (χ3n) is 3.49. The van der Waals surface area contributed by atoms with Gasteiger partial charge in [0.2, 0.25) is 0 Å². The molecule has 0 spiro atoms. The molecule has 0 aliphatic heterocycles. The van der Waals surface area contributed by atoms with Gasteiger partial charge in [0.25, 0.3) is 0 Å². The summed E-state index contributed by atoms with van der Waals surface area (Å²) >= 11 is 0. The molecule has 3 aromatic rings. The summed E-state index contributed by atoms with van der Waals surface area (Å²) in [5.41, 5.74) is 3.48. The molecule has 1 unspecified atom stereocenters. The van der Waals surface area contributed by atoms with E-state index >= 15 is 0 Å². The molecule has 3 rings (SSSR count). The third-order valence-corrected chi connectivity index (χ3v) is 3.49. The first-order valence-electron chi connectivity index (χ1n) is 6.76. The lowest BCUT2D eigenvalue weighted by Gasteiger charge is -2.14. The number of hydrogen-bond donors (Lipinski definition) is 1. The molecule has 20 heavy (non-hydrogen) atoms. The Kier molecular flexibility index (Phi) is 3.44. The molecular formula is C17H16N2O. The maximum Gasteiger partial charge on any atom is 0.123 e. The van der Waals surface area contributed by atoms with E-state index in [2.05, 4.69) is 16.9 Å². The zero-order valence-electron chi connectivity index (χ0n) is 11.3. The van der Waals surface area contributed by atoms with Gasteiger partial charge in [-0.25, -0.2) is 0 Å². The lowest BCUT2D eigenvalue weighted by atomic mass is 10.0. The molecule has 100 valence electrons. The Balaban J connectivity index is 2.05. The molecular weight excluding hydrogens is 248 g/mol. The number of benzene rings is 1. The van der Waals surface area contributed by atoms with Crippen LogP contribution in [-0.4, -0.2) is 15.1 Å². The normalized spacial score (nSPS) is 12.5. The van der Waals surface area contributed by atoms with E-state index in [4.69, 9.17) is 0 Å². The highest BCUT2D eigenvalue weighted by atomic mass is 16.3. The maximum atomic E-state index is 10.6. The van der Waals surface area contributed by atoms with E-state index in [0.717, 1.165) is 28.5 Å². The van der Waals surface area contributed by atoms with Gasteiger partial charge < -0.3 is 5.11 Å². The second-order valence-corrected chi connectivity index (χ2v) is 4.77. The molecule has 2 heterocycles. The summed E-state index contributed by atoms with van der Waals surface area (Å²) in [6, 6.07) is 13.8. The summed E-state index contributed by atoms with van der Waals surface area (Å²) < 4.78 is 0. The molecule has 0 amide bonds. The van der Waals surface area contributed by atoms with Crippen LogP contribution in [-0.2, 0) is 6.42 Å². The predicted molar refractivity (Wildman–Crippen MR) is 79.4 cm³/mol. The Bertz CT molecular complexity index is 740. The van der Waals surface area contributed by atoms with Gasteiger partial charge in [0.05, 0.1) is 11.2 Å². The highest BCUT2D eigenvalue weighted by Gasteiger charge is 2.15. The summed E-state index contributed by atoms with van der Waals surface area (Å²) in [5, 5.41) is 11.6. The summed E-state index contributed by atoms with van der Waals surface area (Å²) in [7, 11) is 0. The van der Waals surface area contributed by atoms with Gasteiger partial charge in [0.1, 0.15) is 6.10 Å². The average Bonchev–Trinajstić information content (AvgIpc) is 2.53. The Morgan fingerprint density at radius 1 is 1.10 bits per heavy atom. The highest BCUT2D eigenvalue weighted by molar-refractivity contribution is 5.78. The minimum atomic E-state index is -0.733. The van der Waals surface area contributed by atoms with Gasteiger partial charge in [-0.05, 0) is 30.2 Å². The zero-order valence-corrected chi connectivity index (χ0v) is 11.3. The number of pyridine rings is 2. The topological polar surface area (TPSA) is 46.0 Å². The van der Waals surface area contributed by atoms with Crippen LogP contribution < -0.4 is 0 Å². The Morgan fingerprint density at radius 3 is 2.80 bits per heavy atom. The molecule has 0 radical (unpaired) electrons. The Hall–Kier alpha value is -2.26. The number of fused-ring (bicyclic) bond motifs is 1. The first-order chi connectivity index (χ1) is 9.79. The lowest BCUT2D eigenvalue weighted by Crippen LogP contribution is -2.06. The van der Waals surface area contributed by atoms with Crippen molar-refractivity contribution in [3.63, 3.8) is 0 Å².